The zero-order valence-corrected chi connectivity index (χ0v) is 12.5. The highest BCUT2D eigenvalue weighted by Crippen LogP contribution is 2.07. The molecule has 7 nitrogen and oxygen atoms in total. The first kappa shape index (κ1) is 16.2. The van der Waals surface area contributed by atoms with E-state index in [0.29, 0.717) is 5.69 Å². The van der Waals surface area contributed by atoms with Gasteiger partial charge >= 0.3 is 5.97 Å². The summed E-state index contributed by atoms with van der Waals surface area (Å²) >= 11 is 0. The highest BCUT2D eigenvalue weighted by molar-refractivity contribution is 5.88. The molecule has 0 saturated carbocycles. The van der Waals surface area contributed by atoms with Crippen LogP contribution >= 0.6 is 0 Å². The zero-order chi connectivity index (χ0) is 15.5. The van der Waals surface area contributed by atoms with Crippen LogP contribution in [-0.4, -0.2) is 38.3 Å². The molecule has 0 bridgehead atoms. The molecule has 0 spiro atoms. The van der Waals surface area contributed by atoms with E-state index in [-0.39, 0.29) is 23.6 Å². The van der Waals surface area contributed by atoms with E-state index < -0.39 is 12.0 Å². The summed E-state index contributed by atoms with van der Waals surface area (Å²) in [4.78, 5) is 23.0. The van der Waals surface area contributed by atoms with Crippen LogP contribution in [0.1, 0.15) is 43.7 Å². The van der Waals surface area contributed by atoms with Gasteiger partial charge in [-0.15, -0.1) is 0 Å². The number of amides is 1. The highest BCUT2D eigenvalue weighted by Gasteiger charge is 2.20. The Hall–Kier alpha value is -1.89. The molecule has 0 saturated heterocycles. The number of carboxylic acids is 1. The molecular weight excluding hydrogens is 260 g/mol. The summed E-state index contributed by atoms with van der Waals surface area (Å²) < 4.78 is 1.49. The molecule has 1 amide bonds. The van der Waals surface area contributed by atoms with Gasteiger partial charge in [-0.1, -0.05) is 0 Å². The van der Waals surface area contributed by atoms with Crippen molar-refractivity contribution in [2.45, 2.75) is 45.8 Å². The number of carboxylic acid groups (broad SMARTS) is 1. The maximum Gasteiger partial charge on any atom is 0.339 e. The SMILES string of the molecule is CC(NCc1c(C(=O)O)cnn1C)C(=O)NC(C)(C)C. The second-order valence-electron chi connectivity index (χ2n) is 5.78. The average Bonchev–Trinajstić information content (AvgIpc) is 2.65. The van der Waals surface area contributed by atoms with Crippen LogP contribution < -0.4 is 10.6 Å². The van der Waals surface area contributed by atoms with Gasteiger partial charge in [0, 0.05) is 19.1 Å². The minimum atomic E-state index is -1.03. The van der Waals surface area contributed by atoms with E-state index >= 15 is 0 Å². The largest absolute Gasteiger partial charge is 0.478 e. The van der Waals surface area contributed by atoms with Crippen molar-refractivity contribution in [3.63, 3.8) is 0 Å². The quantitative estimate of drug-likeness (QED) is 0.731. The van der Waals surface area contributed by atoms with Crippen molar-refractivity contribution < 1.29 is 14.7 Å². The van der Waals surface area contributed by atoms with Gasteiger partial charge in [0.15, 0.2) is 0 Å². The lowest BCUT2D eigenvalue weighted by atomic mass is 10.1. The number of hydrogen-bond donors (Lipinski definition) is 3. The lowest BCUT2D eigenvalue weighted by Gasteiger charge is -2.23. The van der Waals surface area contributed by atoms with Gasteiger partial charge in [-0.3, -0.25) is 9.48 Å². The second kappa shape index (κ2) is 6.04. The number of aromatic nitrogens is 2. The standard InChI is InChI=1S/C13H22N4O3/c1-8(11(18)16-13(2,3)4)14-7-10-9(12(19)20)6-15-17(10)5/h6,8,14H,7H2,1-5H3,(H,16,18)(H,19,20). The van der Waals surface area contributed by atoms with E-state index in [1.807, 2.05) is 20.8 Å². The average molecular weight is 282 g/mol. The molecule has 3 N–H and O–H groups in total. The van der Waals surface area contributed by atoms with Gasteiger partial charge in [0.1, 0.15) is 5.56 Å². The van der Waals surface area contributed by atoms with E-state index in [4.69, 9.17) is 5.11 Å². The Kier molecular flexibility index (Phi) is 4.88. The first-order valence-corrected chi connectivity index (χ1v) is 6.41. The van der Waals surface area contributed by atoms with Crippen LogP contribution in [0.5, 0.6) is 0 Å². The number of nitrogens with zero attached hydrogens (tertiary/aromatic N) is 2. The summed E-state index contributed by atoms with van der Waals surface area (Å²) in [7, 11) is 1.67. The fourth-order valence-electron chi connectivity index (χ4n) is 1.67. The summed E-state index contributed by atoms with van der Waals surface area (Å²) in [5.74, 6) is -1.15. The molecule has 1 aromatic heterocycles. The monoisotopic (exact) mass is 282 g/mol. The van der Waals surface area contributed by atoms with Crippen LogP contribution in [0.4, 0.5) is 0 Å². The smallest absolute Gasteiger partial charge is 0.339 e. The van der Waals surface area contributed by atoms with Crippen molar-refractivity contribution >= 4 is 11.9 Å². The number of hydrogen-bond acceptors (Lipinski definition) is 4. The van der Waals surface area contributed by atoms with Gasteiger partial charge in [0.2, 0.25) is 5.91 Å². The van der Waals surface area contributed by atoms with Crippen molar-refractivity contribution in [3.8, 4) is 0 Å². The van der Waals surface area contributed by atoms with Crippen LogP contribution in [-0.2, 0) is 18.4 Å². The molecule has 0 radical (unpaired) electrons. The molecule has 20 heavy (non-hydrogen) atoms. The van der Waals surface area contributed by atoms with Gasteiger partial charge in [-0.05, 0) is 27.7 Å². The van der Waals surface area contributed by atoms with E-state index in [1.165, 1.54) is 10.9 Å². The summed E-state index contributed by atoms with van der Waals surface area (Å²) in [5, 5.41) is 18.8. The third kappa shape index (κ3) is 4.34. The van der Waals surface area contributed by atoms with Crippen molar-refractivity contribution in [1.82, 2.24) is 20.4 Å². The Morgan fingerprint density at radius 3 is 2.55 bits per heavy atom. The van der Waals surface area contributed by atoms with Crippen molar-refractivity contribution in [1.29, 1.82) is 0 Å². The normalized spacial score (nSPS) is 13.1. The molecule has 0 aromatic carbocycles. The lowest BCUT2D eigenvalue weighted by Crippen LogP contribution is -2.49. The van der Waals surface area contributed by atoms with Crippen molar-refractivity contribution in [2.24, 2.45) is 7.05 Å². The first-order valence-electron chi connectivity index (χ1n) is 6.41. The van der Waals surface area contributed by atoms with Crippen molar-refractivity contribution in [2.75, 3.05) is 0 Å². The topological polar surface area (TPSA) is 96.2 Å². The molecule has 0 aliphatic rings. The number of carbonyl (C=O) groups excluding carboxylic acids is 1. The Morgan fingerprint density at radius 1 is 1.45 bits per heavy atom. The maximum absolute atomic E-state index is 11.9. The summed E-state index contributed by atoms with van der Waals surface area (Å²) in [6, 6.07) is -0.425. The Morgan fingerprint density at radius 2 is 2.05 bits per heavy atom. The Labute approximate surface area is 118 Å². The van der Waals surface area contributed by atoms with Gasteiger partial charge in [0.25, 0.3) is 0 Å². The third-order valence-electron chi connectivity index (χ3n) is 2.76. The lowest BCUT2D eigenvalue weighted by molar-refractivity contribution is -0.124. The van der Waals surface area contributed by atoms with Gasteiger partial charge in [-0.2, -0.15) is 5.10 Å². The van der Waals surface area contributed by atoms with Crippen LogP contribution in [0, 0.1) is 0 Å². The number of aromatic carboxylic acids is 1. The molecule has 0 aliphatic carbocycles. The summed E-state index contributed by atoms with van der Waals surface area (Å²) in [6.07, 6.45) is 1.30. The maximum atomic E-state index is 11.9. The van der Waals surface area contributed by atoms with Gasteiger partial charge in [0.05, 0.1) is 17.9 Å². The van der Waals surface area contributed by atoms with E-state index in [2.05, 4.69) is 15.7 Å². The van der Waals surface area contributed by atoms with Crippen LogP contribution in [0.2, 0.25) is 0 Å². The Bertz CT molecular complexity index is 502. The van der Waals surface area contributed by atoms with E-state index in [1.54, 1.807) is 14.0 Å². The molecule has 1 heterocycles. The molecule has 1 rings (SSSR count). The number of rotatable bonds is 5. The van der Waals surface area contributed by atoms with Gasteiger partial charge < -0.3 is 15.7 Å². The molecule has 0 aliphatic heterocycles. The number of aryl methyl sites for hydroxylation is 1. The number of carbonyl (C=O) groups is 2. The van der Waals surface area contributed by atoms with Crippen LogP contribution in [0.3, 0.4) is 0 Å². The van der Waals surface area contributed by atoms with E-state index in [0.717, 1.165) is 0 Å². The Balaban J connectivity index is 2.66. The molecule has 7 heteroatoms. The zero-order valence-electron chi connectivity index (χ0n) is 12.5. The molecule has 112 valence electrons. The minimum Gasteiger partial charge on any atom is -0.478 e. The molecule has 1 unspecified atom stereocenters. The first-order chi connectivity index (χ1) is 9.11. The molecule has 0 fully saturated rings. The molecule has 1 atom stereocenters. The predicted octanol–water partition coefficient (Wildman–Crippen LogP) is 0.511. The van der Waals surface area contributed by atoms with Crippen molar-refractivity contribution in [3.05, 3.63) is 17.5 Å². The fraction of sp³-hybridized carbons (Fsp3) is 0.615. The van der Waals surface area contributed by atoms with Gasteiger partial charge in [-0.25, -0.2) is 4.79 Å². The van der Waals surface area contributed by atoms with Crippen LogP contribution in [0.15, 0.2) is 6.20 Å². The fourth-order valence-corrected chi connectivity index (χ4v) is 1.67. The van der Waals surface area contributed by atoms with E-state index in [9.17, 15) is 9.59 Å². The summed E-state index contributed by atoms with van der Waals surface area (Å²) in [5.41, 5.74) is 0.377. The number of nitrogens with one attached hydrogen (secondary N) is 2. The highest BCUT2D eigenvalue weighted by atomic mass is 16.4. The summed E-state index contributed by atoms with van der Waals surface area (Å²) in [6.45, 7) is 7.71. The third-order valence-corrected chi connectivity index (χ3v) is 2.76. The molecule has 1 aromatic rings. The predicted molar refractivity (Wildman–Crippen MR) is 74.4 cm³/mol. The van der Waals surface area contributed by atoms with Crippen LogP contribution in [0.25, 0.3) is 0 Å². The minimum absolute atomic E-state index is 0.128. The second-order valence-corrected chi connectivity index (χ2v) is 5.78. The molecular formula is C13H22N4O3.